The third-order valence-corrected chi connectivity index (χ3v) is 6.68. The summed E-state index contributed by atoms with van der Waals surface area (Å²) in [5.41, 5.74) is 2.54. The predicted molar refractivity (Wildman–Crippen MR) is 117 cm³/mol. The van der Waals surface area contributed by atoms with Gasteiger partial charge in [-0.3, -0.25) is 19.2 Å². The highest BCUT2D eigenvalue weighted by Crippen LogP contribution is 2.55. The van der Waals surface area contributed by atoms with E-state index in [-0.39, 0.29) is 0 Å². The van der Waals surface area contributed by atoms with E-state index in [1.807, 2.05) is 13.8 Å². The molecule has 0 amide bonds. The Hall–Kier alpha value is -3.76. The van der Waals surface area contributed by atoms with Gasteiger partial charge in [-0.1, -0.05) is 59.7 Å². The number of benzene rings is 2. The van der Waals surface area contributed by atoms with Crippen molar-refractivity contribution < 1.29 is 39.6 Å². The fraction of sp³-hybridized carbons (Fsp3) is 0.333. The summed E-state index contributed by atoms with van der Waals surface area (Å²) in [7, 11) is 0. The molecule has 2 heterocycles. The monoisotopic (exact) mass is 468 g/mol. The summed E-state index contributed by atoms with van der Waals surface area (Å²) < 4.78 is 0. The molecule has 4 N–H and O–H groups in total. The molecule has 10 heteroatoms. The van der Waals surface area contributed by atoms with Gasteiger partial charge in [-0.25, -0.2) is 10.0 Å². The maximum absolute atomic E-state index is 12.4. The Morgan fingerprint density at radius 3 is 1.09 bits per heavy atom. The van der Waals surface area contributed by atoms with E-state index in [4.69, 9.17) is 0 Å². The van der Waals surface area contributed by atoms with Gasteiger partial charge in [0.2, 0.25) is 0 Å². The number of fused-ring (bicyclic) bond motifs is 1. The van der Waals surface area contributed by atoms with Gasteiger partial charge in [-0.05, 0) is 25.0 Å². The molecule has 0 spiro atoms. The molecule has 0 unspecified atom stereocenters. The van der Waals surface area contributed by atoms with E-state index < -0.39 is 59.9 Å². The topological polar surface area (TPSA) is 156 Å². The van der Waals surface area contributed by atoms with E-state index in [9.17, 15) is 39.6 Å². The quantitative estimate of drug-likeness (QED) is 0.494. The summed E-state index contributed by atoms with van der Waals surface area (Å²) in [5, 5.41) is 42.7. The van der Waals surface area contributed by atoms with Crippen LogP contribution in [0.5, 0.6) is 0 Å². The van der Waals surface area contributed by atoms with Crippen molar-refractivity contribution in [2.24, 2.45) is 11.8 Å². The average Bonchev–Trinajstić information content (AvgIpc) is 3.28. The first-order valence-electron chi connectivity index (χ1n) is 10.7. The van der Waals surface area contributed by atoms with Gasteiger partial charge in [-0.15, -0.1) is 0 Å². The number of nitrogens with zero attached hydrogens (tertiary/aromatic N) is 2. The number of carboxylic acid groups (broad SMARTS) is 4. The van der Waals surface area contributed by atoms with Crippen LogP contribution < -0.4 is 0 Å². The fourth-order valence-corrected chi connectivity index (χ4v) is 5.25. The zero-order valence-corrected chi connectivity index (χ0v) is 18.4. The first-order chi connectivity index (χ1) is 16.0. The summed E-state index contributed by atoms with van der Waals surface area (Å²) in [6.07, 6.45) is 0. The molecular formula is C24H24N2O8. The standard InChI is InChI=1S/C24H24N2O8/c1-11-3-7-13(8-4-11)17-15(21(27)28)19(23(31)32)26-18(14-9-5-12(2)6-10-14)16(22(29)30)20(24(33)34)25(17)26/h3-10,15-20H,1-2H3,(H,27,28)(H,29,30)(H,31,32)(H,33,34)/t15-,16-,17+,18+,19-,20+/m0/s1. The van der Waals surface area contributed by atoms with Crippen molar-refractivity contribution in [3.8, 4) is 0 Å². The number of hydrogen-bond donors (Lipinski definition) is 4. The number of rotatable bonds is 6. The van der Waals surface area contributed by atoms with Gasteiger partial charge in [0.1, 0.15) is 23.9 Å². The number of carbonyl (C=O) groups is 4. The van der Waals surface area contributed by atoms with Gasteiger partial charge < -0.3 is 20.4 Å². The zero-order chi connectivity index (χ0) is 24.9. The SMILES string of the molecule is Cc1ccc([C@@H]2[C@H](C(=O)O)[C@H](C(=O)O)N3[C@H](c4ccc(C)cc4)[C@H](C(=O)O)[C@@H](C(=O)O)N23)cc1. The van der Waals surface area contributed by atoms with Crippen molar-refractivity contribution in [1.29, 1.82) is 0 Å². The maximum Gasteiger partial charge on any atom is 0.323 e. The molecule has 2 aromatic rings. The molecule has 0 radical (unpaired) electrons. The van der Waals surface area contributed by atoms with Crippen LogP contribution in [0.15, 0.2) is 48.5 Å². The Bertz CT molecular complexity index is 1060. The summed E-state index contributed by atoms with van der Waals surface area (Å²) >= 11 is 0. The van der Waals surface area contributed by atoms with Crippen LogP contribution in [-0.2, 0) is 19.2 Å². The third kappa shape index (κ3) is 3.61. The van der Waals surface area contributed by atoms with Gasteiger partial charge in [0.15, 0.2) is 0 Å². The first-order valence-corrected chi connectivity index (χ1v) is 10.7. The van der Waals surface area contributed by atoms with Crippen molar-refractivity contribution in [3.63, 3.8) is 0 Å². The maximum atomic E-state index is 12.4. The number of aliphatic carboxylic acids is 4. The highest BCUT2D eigenvalue weighted by Gasteiger charge is 2.68. The summed E-state index contributed by atoms with van der Waals surface area (Å²) in [6, 6.07) is 7.57. The van der Waals surface area contributed by atoms with Crippen LogP contribution in [0.3, 0.4) is 0 Å². The minimum absolute atomic E-state index is 0.395. The molecule has 2 aliphatic heterocycles. The molecule has 10 nitrogen and oxygen atoms in total. The second kappa shape index (κ2) is 8.54. The van der Waals surface area contributed by atoms with Crippen molar-refractivity contribution in [3.05, 3.63) is 70.8 Å². The highest BCUT2D eigenvalue weighted by molar-refractivity contribution is 5.88. The van der Waals surface area contributed by atoms with E-state index in [2.05, 4.69) is 0 Å². The average molecular weight is 468 g/mol. The highest BCUT2D eigenvalue weighted by atomic mass is 16.4. The first kappa shape index (κ1) is 23.4. The summed E-state index contributed by atoms with van der Waals surface area (Å²) in [6.45, 7) is 3.65. The largest absolute Gasteiger partial charge is 0.481 e. The Labute approximate surface area is 194 Å². The van der Waals surface area contributed by atoms with E-state index in [1.165, 1.54) is 0 Å². The van der Waals surface area contributed by atoms with E-state index in [0.717, 1.165) is 21.1 Å². The number of carboxylic acids is 4. The van der Waals surface area contributed by atoms with Crippen molar-refractivity contribution in [2.75, 3.05) is 0 Å². The third-order valence-electron chi connectivity index (χ3n) is 6.68. The number of hydrazine groups is 1. The molecule has 178 valence electrons. The molecular weight excluding hydrogens is 444 g/mol. The van der Waals surface area contributed by atoms with Crippen molar-refractivity contribution in [2.45, 2.75) is 38.0 Å². The lowest BCUT2D eigenvalue weighted by Gasteiger charge is -2.32. The Morgan fingerprint density at radius 1 is 0.559 bits per heavy atom. The van der Waals surface area contributed by atoms with Gasteiger partial charge in [0, 0.05) is 0 Å². The zero-order valence-electron chi connectivity index (χ0n) is 18.4. The fourth-order valence-electron chi connectivity index (χ4n) is 5.25. The molecule has 6 atom stereocenters. The van der Waals surface area contributed by atoms with Crippen LogP contribution in [0.2, 0.25) is 0 Å². The molecule has 0 saturated carbocycles. The van der Waals surface area contributed by atoms with Gasteiger partial charge in [-0.2, -0.15) is 0 Å². The molecule has 34 heavy (non-hydrogen) atoms. The summed E-state index contributed by atoms with van der Waals surface area (Å²) in [5.74, 6) is -8.84. The normalized spacial score (nSPS) is 29.0. The Kier molecular flexibility index (Phi) is 5.88. The van der Waals surface area contributed by atoms with Gasteiger partial charge >= 0.3 is 23.9 Å². The molecule has 0 aromatic heterocycles. The van der Waals surface area contributed by atoms with Crippen LogP contribution in [0.25, 0.3) is 0 Å². The molecule has 2 saturated heterocycles. The smallest absolute Gasteiger partial charge is 0.323 e. The lowest BCUT2D eigenvalue weighted by Crippen LogP contribution is -2.46. The number of aryl methyl sites for hydroxylation is 2. The minimum Gasteiger partial charge on any atom is -0.481 e. The van der Waals surface area contributed by atoms with Gasteiger partial charge in [0.05, 0.1) is 12.1 Å². The van der Waals surface area contributed by atoms with Crippen molar-refractivity contribution in [1.82, 2.24) is 10.0 Å². The summed E-state index contributed by atoms with van der Waals surface area (Å²) in [4.78, 5) is 49.7. The van der Waals surface area contributed by atoms with Crippen molar-refractivity contribution >= 4 is 23.9 Å². The second-order valence-corrected chi connectivity index (χ2v) is 8.77. The lowest BCUT2D eigenvalue weighted by atomic mass is 9.82. The van der Waals surface area contributed by atoms with Crippen LogP contribution in [-0.4, -0.2) is 66.4 Å². The molecule has 0 bridgehead atoms. The molecule has 2 fully saturated rings. The minimum atomic E-state index is -1.68. The predicted octanol–water partition coefficient (Wildman–Crippen LogP) is 1.94. The molecule has 0 aliphatic carbocycles. The van der Waals surface area contributed by atoms with Crippen LogP contribution in [0.4, 0.5) is 0 Å². The van der Waals surface area contributed by atoms with Crippen LogP contribution in [0, 0.1) is 25.7 Å². The second-order valence-electron chi connectivity index (χ2n) is 8.77. The Balaban J connectivity index is 2.00. The molecule has 4 rings (SSSR count). The van der Waals surface area contributed by atoms with E-state index in [0.29, 0.717) is 11.1 Å². The van der Waals surface area contributed by atoms with Gasteiger partial charge in [0.25, 0.3) is 0 Å². The van der Waals surface area contributed by atoms with Crippen LogP contribution in [0.1, 0.15) is 34.3 Å². The lowest BCUT2D eigenvalue weighted by molar-refractivity contribution is -0.156. The Morgan fingerprint density at radius 2 is 0.853 bits per heavy atom. The molecule has 2 aromatic carbocycles. The van der Waals surface area contributed by atoms with Crippen LogP contribution >= 0.6 is 0 Å². The number of hydrogen-bond acceptors (Lipinski definition) is 6. The van der Waals surface area contributed by atoms with E-state index in [1.54, 1.807) is 48.5 Å². The van der Waals surface area contributed by atoms with E-state index >= 15 is 0 Å². The molecule has 2 aliphatic rings.